The minimum atomic E-state index is -0.990. The first kappa shape index (κ1) is 14.6. The fourth-order valence-corrected chi connectivity index (χ4v) is 1.67. The van der Waals surface area contributed by atoms with Crippen molar-refractivity contribution in [2.45, 2.75) is 6.92 Å². The average molecular weight is 321 g/mol. The molecule has 0 aliphatic heterocycles. The number of hydrogen-bond donors (Lipinski definition) is 2. The van der Waals surface area contributed by atoms with E-state index in [0.29, 0.717) is 6.54 Å². The molecule has 0 bridgehead atoms. The summed E-state index contributed by atoms with van der Waals surface area (Å²) in [5.41, 5.74) is -0.706. The molecule has 7 heteroatoms. The molecule has 0 aliphatic rings. The van der Waals surface area contributed by atoms with Gasteiger partial charge in [0.2, 0.25) is 5.91 Å². The summed E-state index contributed by atoms with van der Waals surface area (Å²) in [6.45, 7) is 1.80. The van der Waals surface area contributed by atoms with Crippen LogP contribution in [0.1, 0.15) is 17.3 Å². The van der Waals surface area contributed by atoms with Crippen molar-refractivity contribution in [2.75, 3.05) is 13.1 Å². The van der Waals surface area contributed by atoms with Crippen molar-refractivity contribution in [3.8, 4) is 0 Å². The monoisotopic (exact) mass is 320 g/mol. The van der Waals surface area contributed by atoms with Crippen molar-refractivity contribution in [2.24, 2.45) is 0 Å². The Kier molecular flexibility index (Phi) is 5.21. The number of carbonyl (C=O) groups is 2. The van der Waals surface area contributed by atoms with Crippen molar-refractivity contribution in [3.05, 3.63) is 33.8 Å². The molecule has 1 aromatic carbocycles. The molecule has 4 nitrogen and oxygen atoms in total. The lowest BCUT2D eigenvalue weighted by Gasteiger charge is -2.07. The maximum atomic E-state index is 13.4. The Morgan fingerprint density at radius 2 is 1.78 bits per heavy atom. The van der Waals surface area contributed by atoms with Crippen molar-refractivity contribution in [1.82, 2.24) is 10.6 Å². The van der Waals surface area contributed by atoms with Gasteiger partial charge in [-0.3, -0.25) is 9.59 Å². The van der Waals surface area contributed by atoms with Gasteiger partial charge in [0.25, 0.3) is 5.91 Å². The quantitative estimate of drug-likeness (QED) is 0.885. The van der Waals surface area contributed by atoms with Crippen LogP contribution in [-0.2, 0) is 4.79 Å². The highest BCUT2D eigenvalue weighted by Gasteiger charge is 2.18. The van der Waals surface area contributed by atoms with Crippen LogP contribution in [0.4, 0.5) is 8.78 Å². The Hall–Kier alpha value is -1.50. The average Bonchev–Trinajstić information content (AvgIpc) is 2.25. The van der Waals surface area contributed by atoms with Gasteiger partial charge in [-0.1, -0.05) is 15.9 Å². The molecule has 0 saturated carbocycles. The third-order valence-electron chi connectivity index (χ3n) is 2.02. The molecule has 2 N–H and O–H groups in total. The van der Waals surface area contributed by atoms with Gasteiger partial charge in [-0.25, -0.2) is 8.78 Å². The first-order valence-corrected chi connectivity index (χ1v) is 5.94. The third-order valence-corrected chi connectivity index (χ3v) is 2.48. The molecule has 2 amide bonds. The van der Waals surface area contributed by atoms with Gasteiger partial charge >= 0.3 is 0 Å². The first-order valence-electron chi connectivity index (χ1n) is 5.15. The van der Waals surface area contributed by atoms with Gasteiger partial charge in [0.15, 0.2) is 0 Å². The summed E-state index contributed by atoms with van der Waals surface area (Å²) in [4.78, 5) is 22.6. The van der Waals surface area contributed by atoms with Crippen molar-refractivity contribution in [3.63, 3.8) is 0 Å². The Balaban J connectivity index is 2.76. The van der Waals surface area contributed by atoms with Gasteiger partial charge < -0.3 is 10.6 Å². The van der Waals surface area contributed by atoms with Gasteiger partial charge in [-0.2, -0.15) is 0 Å². The van der Waals surface area contributed by atoms with Crippen LogP contribution in [0.3, 0.4) is 0 Å². The fraction of sp³-hybridized carbons (Fsp3) is 0.273. The zero-order valence-corrected chi connectivity index (χ0v) is 11.1. The number of rotatable bonds is 4. The maximum absolute atomic E-state index is 13.4. The van der Waals surface area contributed by atoms with Gasteiger partial charge in [-0.15, -0.1) is 0 Å². The lowest BCUT2D eigenvalue weighted by atomic mass is 10.2. The summed E-state index contributed by atoms with van der Waals surface area (Å²) in [5.74, 6) is -3.38. The summed E-state index contributed by atoms with van der Waals surface area (Å²) < 4.78 is 27.0. The van der Waals surface area contributed by atoms with E-state index in [1.807, 2.05) is 0 Å². The second kappa shape index (κ2) is 6.44. The Morgan fingerprint density at radius 1 is 1.22 bits per heavy atom. The fourth-order valence-electron chi connectivity index (χ4n) is 1.27. The van der Waals surface area contributed by atoms with Crippen LogP contribution >= 0.6 is 15.9 Å². The third kappa shape index (κ3) is 3.76. The van der Waals surface area contributed by atoms with Gasteiger partial charge in [0.1, 0.15) is 17.2 Å². The molecular formula is C11H11BrF2N2O2. The van der Waals surface area contributed by atoms with Crippen molar-refractivity contribution < 1.29 is 18.4 Å². The van der Waals surface area contributed by atoms with Crippen LogP contribution in [0, 0.1) is 11.6 Å². The van der Waals surface area contributed by atoms with E-state index in [1.165, 1.54) is 0 Å². The Labute approximate surface area is 111 Å². The van der Waals surface area contributed by atoms with Crippen molar-refractivity contribution in [1.29, 1.82) is 0 Å². The lowest BCUT2D eigenvalue weighted by molar-refractivity contribution is -0.120. The molecule has 0 aromatic heterocycles. The highest BCUT2D eigenvalue weighted by Crippen LogP contribution is 2.19. The number of likely N-dealkylation sites (N-methyl/N-ethyl adjacent to an activating group) is 1. The summed E-state index contributed by atoms with van der Waals surface area (Å²) in [5, 5.41) is 4.58. The molecule has 1 rings (SSSR count). The molecule has 1 aromatic rings. The zero-order chi connectivity index (χ0) is 13.7. The smallest absolute Gasteiger partial charge is 0.257 e. The van der Waals surface area contributed by atoms with Gasteiger partial charge in [0, 0.05) is 11.0 Å². The highest BCUT2D eigenvalue weighted by molar-refractivity contribution is 9.10. The number of benzene rings is 1. The summed E-state index contributed by atoms with van der Waals surface area (Å²) in [6, 6.07) is 1.95. The molecule has 0 aliphatic carbocycles. The summed E-state index contributed by atoms with van der Waals surface area (Å²) in [6.07, 6.45) is 0. The molecule has 0 unspecified atom stereocenters. The van der Waals surface area contributed by atoms with E-state index in [2.05, 4.69) is 26.6 Å². The van der Waals surface area contributed by atoms with Crippen LogP contribution in [-0.4, -0.2) is 24.9 Å². The molecule has 0 radical (unpaired) electrons. The molecular weight excluding hydrogens is 310 g/mol. The molecule has 0 heterocycles. The van der Waals surface area contributed by atoms with Crippen LogP contribution in [0.5, 0.6) is 0 Å². The van der Waals surface area contributed by atoms with E-state index in [4.69, 9.17) is 0 Å². The SMILES string of the molecule is CCNC(=O)CNC(=O)c1c(F)cc(Br)cc1F. The first-order chi connectivity index (χ1) is 8.45. The molecule has 0 saturated heterocycles. The van der Waals surface area contributed by atoms with Crippen LogP contribution in [0.15, 0.2) is 16.6 Å². The van der Waals surface area contributed by atoms with Crippen LogP contribution in [0.25, 0.3) is 0 Å². The van der Waals surface area contributed by atoms with E-state index >= 15 is 0 Å². The summed E-state index contributed by atoms with van der Waals surface area (Å²) >= 11 is 2.90. The maximum Gasteiger partial charge on any atom is 0.257 e. The normalized spacial score (nSPS) is 10.0. The van der Waals surface area contributed by atoms with E-state index in [0.717, 1.165) is 12.1 Å². The Bertz CT molecular complexity index is 457. The lowest BCUT2D eigenvalue weighted by Crippen LogP contribution is -2.37. The van der Waals surface area contributed by atoms with Crippen LogP contribution < -0.4 is 10.6 Å². The van der Waals surface area contributed by atoms with E-state index in [9.17, 15) is 18.4 Å². The Morgan fingerprint density at radius 3 is 2.28 bits per heavy atom. The second-order valence-corrected chi connectivity index (χ2v) is 4.30. The van der Waals surface area contributed by atoms with E-state index < -0.39 is 29.0 Å². The number of hydrogen-bond acceptors (Lipinski definition) is 2. The van der Waals surface area contributed by atoms with Gasteiger partial charge in [0.05, 0.1) is 6.54 Å². The number of amides is 2. The van der Waals surface area contributed by atoms with E-state index in [1.54, 1.807) is 6.92 Å². The number of carbonyl (C=O) groups excluding carboxylic acids is 2. The topological polar surface area (TPSA) is 58.2 Å². The highest BCUT2D eigenvalue weighted by atomic mass is 79.9. The van der Waals surface area contributed by atoms with E-state index in [-0.39, 0.29) is 11.0 Å². The van der Waals surface area contributed by atoms with Crippen LogP contribution in [0.2, 0.25) is 0 Å². The predicted octanol–water partition coefficient (Wildman–Crippen LogP) is 1.59. The molecule has 0 fully saturated rings. The number of nitrogens with one attached hydrogen (secondary N) is 2. The minimum absolute atomic E-state index is 0.192. The molecule has 0 spiro atoms. The summed E-state index contributed by atoms with van der Waals surface area (Å²) in [7, 11) is 0. The zero-order valence-electron chi connectivity index (χ0n) is 9.52. The molecule has 18 heavy (non-hydrogen) atoms. The second-order valence-electron chi connectivity index (χ2n) is 3.38. The number of halogens is 3. The van der Waals surface area contributed by atoms with Gasteiger partial charge in [-0.05, 0) is 19.1 Å². The standard InChI is InChI=1S/C11H11BrF2N2O2/c1-2-15-9(17)5-16-11(18)10-7(13)3-6(12)4-8(10)14/h3-4H,2,5H2,1H3,(H,15,17)(H,16,18). The largest absolute Gasteiger partial charge is 0.355 e. The molecule has 0 atom stereocenters. The minimum Gasteiger partial charge on any atom is -0.355 e. The molecule has 98 valence electrons. The predicted molar refractivity (Wildman–Crippen MR) is 65.1 cm³/mol. The van der Waals surface area contributed by atoms with Crippen molar-refractivity contribution >= 4 is 27.7 Å².